The largest absolute Gasteiger partial charge is 0.241 e. The van der Waals surface area contributed by atoms with Gasteiger partial charge in [-0.1, -0.05) is 62.4 Å². The van der Waals surface area contributed by atoms with E-state index in [0.29, 0.717) is 0 Å². The molecule has 0 fully saturated rings. The highest BCUT2D eigenvalue weighted by atomic mass is 79.9. The molecule has 1 heterocycles. The Bertz CT molecular complexity index is 613. The summed E-state index contributed by atoms with van der Waals surface area (Å²) < 4.78 is 0.854. The zero-order valence-electron chi connectivity index (χ0n) is 13.1. The monoisotopic (exact) mass is 343 g/mol. The molecule has 1 aromatic carbocycles. The van der Waals surface area contributed by atoms with Crippen molar-refractivity contribution in [2.45, 2.75) is 27.7 Å². The first-order chi connectivity index (χ1) is 10.2. The van der Waals surface area contributed by atoms with Crippen molar-refractivity contribution in [2.75, 3.05) is 0 Å². The number of nitrogens with zero attached hydrogens (tertiary/aromatic N) is 1. The van der Waals surface area contributed by atoms with E-state index in [1.807, 2.05) is 58.0 Å². The van der Waals surface area contributed by atoms with Crippen LogP contribution in [0.25, 0.3) is 16.8 Å². The molecule has 0 atom stereocenters. The Morgan fingerprint density at radius 1 is 1.05 bits per heavy atom. The van der Waals surface area contributed by atoms with Crippen LogP contribution in [0.2, 0.25) is 0 Å². The van der Waals surface area contributed by atoms with Crippen molar-refractivity contribution < 1.29 is 0 Å². The van der Waals surface area contributed by atoms with Crippen molar-refractivity contribution in [1.29, 1.82) is 0 Å². The predicted octanol–water partition coefficient (Wildman–Crippen LogP) is 6.52. The zero-order chi connectivity index (χ0) is 15.7. The molecule has 2 aromatic rings. The van der Waals surface area contributed by atoms with Crippen LogP contribution in [-0.4, -0.2) is 4.98 Å². The molecule has 0 unspecified atom stereocenters. The van der Waals surface area contributed by atoms with Crippen molar-refractivity contribution >= 4 is 21.5 Å². The van der Waals surface area contributed by atoms with E-state index in [9.17, 15) is 0 Å². The summed E-state index contributed by atoms with van der Waals surface area (Å²) in [6.45, 7) is 8.07. The minimum Gasteiger partial charge on any atom is -0.241 e. The van der Waals surface area contributed by atoms with Crippen LogP contribution >= 0.6 is 15.9 Å². The van der Waals surface area contributed by atoms with Crippen molar-refractivity contribution in [2.24, 2.45) is 0 Å². The molecule has 1 nitrogen and oxygen atoms in total. The van der Waals surface area contributed by atoms with E-state index in [1.54, 1.807) is 0 Å². The van der Waals surface area contributed by atoms with Gasteiger partial charge in [-0.15, -0.1) is 0 Å². The average Bonchev–Trinajstić information content (AvgIpc) is 2.54. The fourth-order valence-corrected chi connectivity index (χ4v) is 2.40. The number of pyridine rings is 1. The van der Waals surface area contributed by atoms with Gasteiger partial charge in [0.2, 0.25) is 0 Å². The van der Waals surface area contributed by atoms with E-state index < -0.39 is 0 Å². The molecule has 1 aromatic heterocycles. The second kappa shape index (κ2) is 9.30. The molecule has 0 bridgehead atoms. The lowest BCUT2D eigenvalue weighted by molar-refractivity contribution is 1.27. The zero-order valence-corrected chi connectivity index (χ0v) is 14.7. The van der Waals surface area contributed by atoms with Gasteiger partial charge in [0.25, 0.3) is 0 Å². The Hall–Kier alpha value is -1.67. The van der Waals surface area contributed by atoms with Gasteiger partial charge in [0, 0.05) is 5.56 Å². The topological polar surface area (TPSA) is 12.9 Å². The quantitative estimate of drug-likeness (QED) is 0.456. The van der Waals surface area contributed by atoms with Crippen LogP contribution in [0.1, 0.15) is 33.3 Å². The van der Waals surface area contributed by atoms with E-state index >= 15 is 0 Å². The molecule has 21 heavy (non-hydrogen) atoms. The molecule has 2 rings (SSSR count). The molecule has 0 saturated carbocycles. The minimum atomic E-state index is 0.854. The second-order valence-corrected chi connectivity index (χ2v) is 4.99. The predicted molar refractivity (Wildman–Crippen MR) is 97.2 cm³/mol. The van der Waals surface area contributed by atoms with Crippen molar-refractivity contribution in [3.63, 3.8) is 0 Å². The van der Waals surface area contributed by atoms with Crippen LogP contribution in [0.5, 0.6) is 0 Å². The fraction of sp³-hybridized carbons (Fsp3) is 0.211. The Balaban J connectivity index is 0.00000106. The lowest BCUT2D eigenvalue weighted by atomic mass is 10.0. The molecule has 0 saturated heterocycles. The molecule has 0 radical (unpaired) electrons. The first-order valence-corrected chi connectivity index (χ1v) is 8.06. The molecular weight excluding hydrogens is 322 g/mol. The molecule has 0 N–H and O–H groups in total. The number of benzene rings is 1. The maximum Gasteiger partial charge on any atom is 0.107 e. The summed E-state index contributed by atoms with van der Waals surface area (Å²) in [7, 11) is 0. The van der Waals surface area contributed by atoms with Gasteiger partial charge in [0.1, 0.15) is 4.60 Å². The van der Waals surface area contributed by atoms with E-state index in [2.05, 4.69) is 51.3 Å². The molecular formula is C19H22BrN. The molecule has 0 aliphatic heterocycles. The first kappa shape index (κ1) is 17.4. The third kappa shape index (κ3) is 4.98. The number of allylic oxidation sites excluding steroid dienone is 4. The van der Waals surface area contributed by atoms with Gasteiger partial charge in [-0.25, -0.2) is 4.98 Å². The average molecular weight is 344 g/mol. The highest BCUT2D eigenvalue weighted by molar-refractivity contribution is 9.10. The summed E-state index contributed by atoms with van der Waals surface area (Å²) in [6, 6.07) is 14.4. The van der Waals surface area contributed by atoms with Gasteiger partial charge >= 0.3 is 0 Å². The van der Waals surface area contributed by atoms with Gasteiger partial charge < -0.3 is 0 Å². The summed E-state index contributed by atoms with van der Waals surface area (Å²) >= 11 is 3.50. The lowest BCUT2D eigenvalue weighted by Crippen LogP contribution is -1.89. The standard InChI is InChI=1S/C17H16BrN.C2H6/c1-3-8-13(4-2)15-11-16(19-17(18)12-15)14-9-6-5-7-10-14;1-2/h3-12H,1-2H3;1-2H3/b8-3-,13-4+;. The Morgan fingerprint density at radius 3 is 2.29 bits per heavy atom. The molecule has 0 aliphatic carbocycles. The summed E-state index contributed by atoms with van der Waals surface area (Å²) in [5.41, 5.74) is 4.47. The number of hydrogen-bond acceptors (Lipinski definition) is 1. The molecule has 2 heteroatoms. The smallest absolute Gasteiger partial charge is 0.107 e. The Labute approximate surface area is 136 Å². The van der Waals surface area contributed by atoms with E-state index in [1.165, 1.54) is 11.1 Å². The van der Waals surface area contributed by atoms with Crippen molar-refractivity contribution in [3.05, 3.63) is 70.9 Å². The highest BCUT2D eigenvalue weighted by Gasteiger charge is 2.05. The molecule has 0 amide bonds. The van der Waals surface area contributed by atoms with Crippen LogP contribution in [0, 0.1) is 0 Å². The third-order valence-electron chi connectivity index (χ3n) is 2.85. The molecule has 0 spiro atoms. The van der Waals surface area contributed by atoms with E-state index in [-0.39, 0.29) is 0 Å². The fourth-order valence-electron chi connectivity index (χ4n) is 1.96. The van der Waals surface area contributed by atoms with Crippen molar-refractivity contribution in [3.8, 4) is 11.3 Å². The Kier molecular flexibility index (Phi) is 7.70. The van der Waals surface area contributed by atoms with Crippen LogP contribution in [-0.2, 0) is 0 Å². The number of halogens is 1. The summed E-state index contributed by atoms with van der Waals surface area (Å²) in [6.07, 6.45) is 6.26. The molecule has 0 aliphatic rings. The SMILES string of the molecule is C/C=C\C(=C/C)c1cc(Br)nc(-c2ccccc2)c1.CC. The number of aromatic nitrogens is 1. The van der Waals surface area contributed by atoms with Crippen LogP contribution in [0.15, 0.2) is 65.3 Å². The summed E-state index contributed by atoms with van der Waals surface area (Å²) in [5.74, 6) is 0. The third-order valence-corrected chi connectivity index (χ3v) is 3.26. The van der Waals surface area contributed by atoms with Gasteiger partial charge in [-0.05, 0) is 53.0 Å². The van der Waals surface area contributed by atoms with Gasteiger partial charge in [0.15, 0.2) is 0 Å². The van der Waals surface area contributed by atoms with Crippen LogP contribution in [0.4, 0.5) is 0 Å². The Morgan fingerprint density at radius 2 is 1.71 bits per heavy atom. The van der Waals surface area contributed by atoms with Crippen LogP contribution < -0.4 is 0 Å². The van der Waals surface area contributed by atoms with Crippen molar-refractivity contribution in [1.82, 2.24) is 4.98 Å². The maximum atomic E-state index is 4.55. The first-order valence-electron chi connectivity index (χ1n) is 7.27. The van der Waals surface area contributed by atoms with Gasteiger partial charge in [-0.2, -0.15) is 0 Å². The normalized spacial score (nSPS) is 11.2. The number of hydrogen-bond donors (Lipinski definition) is 0. The van der Waals surface area contributed by atoms with E-state index in [0.717, 1.165) is 15.9 Å². The summed E-state index contributed by atoms with van der Waals surface area (Å²) in [5, 5.41) is 0. The maximum absolute atomic E-state index is 4.55. The second-order valence-electron chi connectivity index (χ2n) is 4.17. The van der Waals surface area contributed by atoms with Crippen LogP contribution in [0.3, 0.4) is 0 Å². The highest BCUT2D eigenvalue weighted by Crippen LogP contribution is 2.25. The van der Waals surface area contributed by atoms with Gasteiger partial charge in [-0.3, -0.25) is 0 Å². The minimum absolute atomic E-state index is 0.854. The lowest BCUT2D eigenvalue weighted by Gasteiger charge is -2.07. The van der Waals surface area contributed by atoms with Gasteiger partial charge in [0.05, 0.1) is 5.69 Å². The van der Waals surface area contributed by atoms with E-state index in [4.69, 9.17) is 0 Å². The molecule has 110 valence electrons. The summed E-state index contributed by atoms with van der Waals surface area (Å²) in [4.78, 5) is 4.55. The number of rotatable bonds is 3.